The lowest BCUT2D eigenvalue weighted by molar-refractivity contribution is -0.474. The molecule has 1 aromatic carbocycles. The fourth-order valence-electron chi connectivity index (χ4n) is 0.588. The number of hydrogen-bond donors (Lipinski definition) is 1. The lowest BCUT2D eigenvalue weighted by Gasteiger charge is -1.84. The topological polar surface area (TPSA) is 46.1 Å². The van der Waals surface area contributed by atoms with Crippen molar-refractivity contribution in [2.45, 2.75) is 0 Å². The first-order valence-corrected chi connectivity index (χ1v) is 2.67. The molecule has 10 heavy (non-hydrogen) atoms. The summed E-state index contributed by atoms with van der Waals surface area (Å²) in [5.41, 5.74) is 0.237. The van der Waals surface area contributed by atoms with Crippen LogP contribution in [0.15, 0.2) is 24.3 Å². The highest BCUT2D eigenvalue weighted by Gasteiger charge is 2.05. The Bertz CT molecular complexity index is 244. The summed E-state index contributed by atoms with van der Waals surface area (Å²) in [4.78, 5) is 10.5. The molecular weight excluding hydrogens is 135 g/mol. The van der Waals surface area contributed by atoms with E-state index in [-0.39, 0.29) is 16.4 Å². The predicted octanol–water partition coefficient (Wildman–Crippen LogP) is 1.11. The first kappa shape index (κ1) is 6.67. The smallest absolute Gasteiger partial charge is 0.207 e. The fraction of sp³-hybridized carbons (Fsp3) is 0. The van der Waals surface area contributed by atoms with Crippen LogP contribution in [0.3, 0.4) is 0 Å². The van der Waals surface area contributed by atoms with E-state index in [1.807, 2.05) is 0 Å². The third-order valence-electron chi connectivity index (χ3n) is 1.08. The minimum Gasteiger partial charge on any atom is -0.207 e. The molecule has 0 aromatic heterocycles. The first-order chi connectivity index (χ1) is 4.70. The Hall–Kier alpha value is -1.45. The van der Waals surface area contributed by atoms with Gasteiger partial charge in [0.25, 0.3) is 5.69 Å². The van der Waals surface area contributed by atoms with Crippen molar-refractivity contribution in [2.24, 2.45) is 5.84 Å². The van der Waals surface area contributed by atoms with Crippen LogP contribution in [0.1, 0.15) is 0 Å². The second-order valence-electron chi connectivity index (χ2n) is 1.80. The average molecular weight is 141 g/mol. The second-order valence-corrected chi connectivity index (χ2v) is 1.80. The molecule has 0 saturated carbocycles. The summed E-state index contributed by atoms with van der Waals surface area (Å²) in [5, 5.41) is 0. The van der Waals surface area contributed by atoms with Crippen LogP contribution in [-0.2, 0) is 0 Å². The van der Waals surface area contributed by atoms with E-state index < -0.39 is 0 Å². The van der Waals surface area contributed by atoms with E-state index in [0.29, 0.717) is 0 Å². The maximum Gasteiger partial charge on any atom is 0.291 e. The van der Waals surface area contributed by atoms with E-state index in [1.54, 1.807) is 0 Å². The van der Waals surface area contributed by atoms with Gasteiger partial charge in [-0.2, -0.15) is 5.84 Å². The number of nitroso groups, excluding NO2 is 1. The van der Waals surface area contributed by atoms with E-state index >= 15 is 0 Å². The summed E-state index contributed by atoms with van der Waals surface area (Å²) in [6.07, 6.45) is 0. The van der Waals surface area contributed by atoms with Crippen LogP contribution in [0, 0.1) is 10.7 Å². The second kappa shape index (κ2) is 2.43. The largest absolute Gasteiger partial charge is 0.291 e. The SMILES string of the molecule is N[N+](=O)c1ccc(F)cc1. The van der Waals surface area contributed by atoms with Gasteiger partial charge in [-0.1, -0.05) is 0 Å². The van der Waals surface area contributed by atoms with Crippen molar-refractivity contribution in [3.8, 4) is 0 Å². The normalized spacial score (nSPS) is 9.30. The lowest BCUT2D eigenvalue weighted by atomic mass is 10.3. The summed E-state index contributed by atoms with van der Waals surface area (Å²) < 4.78 is 12.2. The van der Waals surface area contributed by atoms with Gasteiger partial charge in [-0.15, -0.1) is 0 Å². The summed E-state index contributed by atoms with van der Waals surface area (Å²) in [7, 11) is 0. The van der Waals surface area contributed by atoms with Crippen molar-refractivity contribution >= 4 is 5.69 Å². The van der Waals surface area contributed by atoms with E-state index in [2.05, 4.69) is 0 Å². The van der Waals surface area contributed by atoms with Gasteiger partial charge in [-0.3, -0.25) is 0 Å². The Labute approximate surface area is 56.8 Å². The van der Waals surface area contributed by atoms with Crippen LogP contribution in [0.4, 0.5) is 10.1 Å². The Morgan fingerprint density at radius 3 is 2.20 bits per heavy atom. The summed E-state index contributed by atoms with van der Waals surface area (Å²) in [6, 6.07) is 4.96. The van der Waals surface area contributed by atoms with Crippen LogP contribution in [0.25, 0.3) is 0 Å². The number of hydrazine groups is 1. The highest BCUT2D eigenvalue weighted by Crippen LogP contribution is 2.08. The fourth-order valence-corrected chi connectivity index (χ4v) is 0.588. The van der Waals surface area contributed by atoms with Crippen molar-refractivity contribution < 1.29 is 9.26 Å². The molecule has 0 saturated heterocycles. The third-order valence-corrected chi connectivity index (χ3v) is 1.08. The Morgan fingerprint density at radius 2 is 1.80 bits per heavy atom. The molecule has 52 valence electrons. The molecule has 0 bridgehead atoms. The number of nitrogens with two attached hydrogens (primary N) is 1. The van der Waals surface area contributed by atoms with Crippen molar-refractivity contribution in [1.29, 1.82) is 0 Å². The van der Waals surface area contributed by atoms with E-state index in [9.17, 15) is 9.30 Å². The molecular formula is C6H6FN2O+. The number of rotatable bonds is 1. The minimum absolute atomic E-state index is 0.180. The highest BCUT2D eigenvalue weighted by molar-refractivity contribution is 5.28. The predicted molar refractivity (Wildman–Crippen MR) is 33.9 cm³/mol. The monoisotopic (exact) mass is 141 g/mol. The molecule has 0 heterocycles. The van der Waals surface area contributed by atoms with Gasteiger partial charge in [0.1, 0.15) is 5.82 Å². The zero-order valence-electron chi connectivity index (χ0n) is 5.12. The zero-order valence-corrected chi connectivity index (χ0v) is 5.12. The lowest BCUT2D eigenvalue weighted by Crippen LogP contribution is -2.08. The maximum atomic E-state index is 12.2. The molecule has 0 fully saturated rings. The Balaban J connectivity index is 3.00. The van der Waals surface area contributed by atoms with Crippen molar-refractivity contribution in [3.05, 3.63) is 35.0 Å². The van der Waals surface area contributed by atoms with Gasteiger partial charge < -0.3 is 0 Å². The summed E-state index contributed by atoms with van der Waals surface area (Å²) in [6.45, 7) is 0. The van der Waals surface area contributed by atoms with Gasteiger partial charge in [-0.25, -0.2) is 4.39 Å². The molecule has 1 rings (SSSR count). The molecule has 0 aliphatic carbocycles. The molecule has 0 amide bonds. The van der Waals surface area contributed by atoms with Gasteiger partial charge >= 0.3 is 0 Å². The first-order valence-electron chi connectivity index (χ1n) is 2.67. The zero-order chi connectivity index (χ0) is 7.56. The van der Waals surface area contributed by atoms with Gasteiger partial charge in [0.15, 0.2) is 4.87 Å². The van der Waals surface area contributed by atoms with Crippen LogP contribution in [-0.4, -0.2) is 4.87 Å². The molecule has 0 radical (unpaired) electrons. The standard InChI is InChI=1S/C6H6FN2O/c7-5-1-3-6(4-2-5)9(8)10/h1-4H,(H2,8,10)/q+1. The Morgan fingerprint density at radius 1 is 1.30 bits per heavy atom. The van der Waals surface area contributed by atoms with Crippen LogP contribution in [0.5, 0.6) is 0 Å². The van der Waals surface area contributed by atoms with Gasteiger partial charge in [-0.05, 0) is 12.1 Å². The molecule has 2 N–H and O–H groups in total. The van der Waals surface area contributed by atoms with Gasteiger partial charge in [0, 0.05) is 12.1 Å². The Kier molecular flexibility index (Phi) is 1.62. The summed E-state index contributed by atoms with van der Waals surface area (Å²) >= 11 is 0. The average Bonchev–Trinajstić information content (AvgIpc) is 1.88. The molecule has 1 aromatic rings. The maximum absolute atomic E-state index is 12.2. The van der Waals surface area contributed by atoms with Crippen molar-refractivity contribution in [2.75, 3.05) is 0 Å². The molecule has 0 aliphatic heterocycles. The van der Waals surface area contributed by atoms with Crippen LogP contribution >= 0.6 is 0 Å². The van der Waals surface area contributed by atoms with Gasteiger partial charge in [0.2, 0.25) is 0 Å². The van der Waals surface area contributed by atoms with Crippen molar-refractivity contribution in [1.82, 2.24) is 0 Å². The summed E-state index contributed by atoms with van der Waals surface area (Å²) in [5.74, 6) is 4.44. The van der Waals surface area contributed by atoms with Gasteiger partial charge in [0.05, 0.1) is 4.91 Å². The molecule has 0 unspecified atom stereocenters. The molecule has 4 heteroatoms. The van der Waals surface area contributed by atoms with E-state index in [4.69, 9.17) is 5.84 Å². The molecule has 3 nitrogen and oxygen atoms in total. The minimum atomic E-state index is -0.384. The van der Waals surface area contributed by atoms with E-state index in [1.165, 1.54) is 24.3 Å². The number of hydrogen-bond acceptors (Lipinski definition) is 1. The molecule has 0 atom stereocenters. The number of halogens is 1. The quantitative estimate of drug-likeness (QED) is 0.361. The van der Waals surface area contributed by atoms with Crippen molar-refractivity contribution in [3.63, 3.8) is 0 Å². The molecule has 0 aliphatic rings. The third kappa shape index (κ3) is 1.28. The number of benzene rings is 1. The van der Waals surface area contributed by atoms with Crippen LogP contribution in [0.2, 0.25) is 0 Å². The van der Waals surface area contributed by atoms with E-state index in [0.717, 1.165) is 0 Å². The highest BCUT2D eigenvalue weighted by atomic mass is 19.1. The van der Waals surface area contributed by atoms with Crippen LogP contribution < -0.4 is 5.84 Å². The molecule has 0 spiro atoms. The number of nitrogens with zero attached hydrogens (tertiary/aromatic N) is 1.